The molecule has 1 aromatic carbocycles. The molecule has 28 heavy (non-hydrogen) atoms. The lowest BCUT2D eigenvalue weighted by Gasteiger charge is -2.38. The van der Waals surface area contributed by atoms with Crippen LogP contribution in [0.2, 0.25) is 10.0 Å². The van der Waals surface area contributed by atoms with Gasteiger partial charge in [0.1, 0.15) is 0 Å². The maximum Gasteiger partial charge on any atom is 0.241 e. The van der Waals surface area contributed by atoms with Gasteiger partial charge in [-0.25, -0.2) is 0 Å². The van der Waals surface area contributed by atoms with Crippen LogP contribution in [0.15, 0.2) is 18.2 Å². The minimum Gasteiger partial charge on any atom is -0.379 e. The first-order valence-electron chi connectivity index (χ1n) is 9.52. The number of morpholine rings is 1. The van der Waals surface area contributed by atoms with Gasteiger partial charge in [0.2, 0.25) is 11.8 Å². The van der Waals surface area contributed by atoms with Crippen molar-refractivity contribution in [3.63, 3.8) is 0 Å². The van der Waals surface area contributed by atoms with Crippen LogP contribution in [-0.4, -0.2) is 91.6 Å². The highest BCUT2D eigenvalue weighted by atomic mass is 35.5. The normalized spacial score (nSPS) is 20.0. The van der Waals surface area contributed by atoms with E-state index in [4.69, 9.17) is 27.9 Å². The minimum atomic E-state index is -0.327. The van der Waals surface area contributed by atoms with Crippen LogP contribution < -0.4 is 5.32 Å². The number of rotatable bonds is 5. The molecule has 2 fully saturated rings. The van der Waals surface area contributed by atoms with Crippen molar-refractivity contribution in [1.82, 2.24) is 14.7 Å². The number of piperazine rings is 1. The molecule has 0 radical (unpaired) electrons. The summed E-state index contributed by atoms with van der Waals surface area (Å²) in [7, 11) is 0. The Balaban J connectivity index is 1.47. The molecule has 7 nitrogen and oxygen atoms in total. The summed E-state index contributed by atoms with van der Waals surface area (Å²) >= 11 is 12.1. The SMILES string of the molecule is CC(C(=O)Nc1cccc(Cl)c1Cl)N1CCN(C(=O)CN2CCOCC2)CC1. The number of nitrogens with zero attached hydrogens (tertiary/aromatic N) is 3. The summed E-state index contributed by atoms with van der Waals surface area (Å²) in [5.74, 6) is 0.00150. The van der Waals surface area contributed by atoms with Crippen molar-refractivity contribution < 1.29 is 14.3 Å². The van der Waals surface area contributed by atoms with E-state index in [2.05, 4.69) is 15.1 Å². The van der Waals surface area contributed by atoms with E-state index < -0.39 is 0 Å². The van der Waals surface area contributed by atoms with Gasteiger partial charge in [0, 0.05) is 39.3 Å². The van der Waals surface area contributed by atoms with Gasteiger partial charge in [-0.05, 0) is 19.1 Å². The average molecular weight is 429 g/mol. The number of benzene rings is 1. The predicted molar refractivity (Wildman–Crippen MR) is 110 cm³/mol. The second kappa shape index (κ2) is 9.89. The van der Waals surface area contributed by atoms with Crippen LogP contribution in [0.4, 0.5) is 5.69 Å². The first kappa shape index (κ1) is 21.3. The van der Waals surface area contributed by atoms with Gasteiger partial charge in [-0.15, -0.1) is 0 Å². The van der Waals surface area contributed by atoms with Crippen molar-refractivity contribution >= 4 is 40.7 Å². The van der Waals surface area contributed by atoms with E-state index in [1.54, 1.807) is 18.2 Å². The molecule has 9 heteroatoms. The largest absolute Gasteiger partial charge is 0.379 e. The first-order chi connectivity index (χ1) is 13.5. The number of amides is 2. The van der Waals surface area contributed by atoms with Gasteiger partial charge < -0.3 is 15.0 Å². The number of carbonyl (C=O) groups excluding carboxylic acids is 2. The van der Waals surface area contributed by atoms with E-state index in [-0.39, 0.29) is 17.9 Å². The van der Waals surface area contributed by atoms with Crippen LogP contribution in [0.3, 0.4) is 0 Å². The highest BCUT2D eigenvalue weighted by Crippen LogP contribution is 2.29. The Bertz CT molecular complexity index is 704. The van der Waals surface area contributed by atoms with Crippen LogP contribution in [0.25, 0.3) is 0 Å². The number of ether oxygens (including phenoxy) is 1. The zero-order valence-electron chi connectivity index (χ0n) is 16.0. The van der Waals surface area contributed by atoms with Crippen molar-refractivity contribution in [3.8, 4) is 0 Å². The molecule has 2 heterocycles. The van der Waals surface area contributed by atoms with E-state index in [0.29, 0.717) is 61.7 Å². The van der Waals surface area contributed by atoms with E-state index in [1.807, 2.05) is 11.8 Å². The highest BCUT2D eigenvalue weighted by molar-refractivity contribution is 6.44. The maximum absolute atomic E-state index is 12.6. The van der Waals surface area contributed by atoms with Gasteiger partial charge >= 0.3 is 0 Å². The van der Waals surface area contributed by atoms with E-state index in [9.17, 15) is 9.59 Å². The Kier molecular flexibility index (Phi) is 7.54. The number of hydrogen-bond acceptors (Lipinski definition) is 5. The lowest BCUT2D eigenvalue weighted by atomic mass is 10.2. The lowest BCUT2D eigenvalue weighted by Crippen LogP contribution is -2.55. The summed E-state index contributed by atoms with van der Waals surface area (Å²) in [5.41, 5.74) is 0.505. The molecule has 1 N–H and O–H groups in total. The maximum atomic E-state index is 12.6. The molecule has 1 aromatic rings. The summed E-state index contributed by atoms with van der Waals surface area (Å²) < 4.78 is 5.32. The van der Waals surface area contributed by atoms with E-state index >= 15 is 0 Å². The van der Waals surface area contributed by atoms with Crippen molar-refractivity contribution in [3.05, 3.63) is 28.2 Å². The Hall–Kier alpha value is -1.38. The standard InChI is InChI=1S/C19H26Cl2N4O3/c1-14(19(27)22-16-4-2-3-15(20)18(16)21)24-5-7-25(8-6-24)17(26)13-23-9-11-28-12-10-23/h2-4,14H,5-13H2,1H3,(H,22,27). The number of nitrogens with one attached hydrogen (secondary N) is 1. The molecule has 1 unspecified atom stereocenters. The molecule has 0 aliphatic carbocycles. The Morgan fingerprint density at radius 3 is 2.46 bits per heavy atom. The summed E-state index contributed by atoms with van der Waals surface area (Å²) in [6.45, 7) is 7.83. The molecule has 3 rings (SSSR count). The molecular weight excluding hydrogens is 403 g/mol. The number of carbonyl (C=O) groups is 2. The van der Waals surface area contributed by atoms with Crippen LogP contribution in [0.5, 0.6) is 0 Å². The molecule has 2 saturated heterocycles. The van der Waals surface area contributed by atoms with Crippen molar-refractivity contribution in [2.24, 2.45) is 0 Å². The third kappa shape index (κ3) is 5.36. The molecule has 2 aliphatic rings. The molecular formula is C19H26Cl2N4O3. The van der Waals surface area contributed by atoms with Gasteiger partial charge in [0.05, 0.1) is 41.5 Å². The number of hydrogen-bond donors (Lipinski definition) is 1. The van der Waals surface area contributed by atoms with Crippen LogP contribution in [-0.2, 0) is 14.3 Å². The molecule has 1 atom stereocenters. The zero-order chi connectivity index (χ0) is 20.1. The van der Waals surface area contributed by atoms with Gasteiger partial charge in [0.25, 0.3) is 0 Å². The molecule has 0 saturated carbocycles. The van der Waals surface area contributed by atoms with Crippen molar-refractivity contribution in [1.29, 1.82) is 0 Å². The summed E-state index contributed by atoms with van der Waals surface area (Å²) in [6, 6.07) is 4.82. The topological polar surface area (TPSA) is 65.1 Å². The Labute approximate surface area is 175 Å². The van der Waals surface area contributed by atoms with Gasteiger partial charge in [0.15, 0.2) is 0 Å². The number of halogens is 2. The van der Waals surface area contributed by atoms with Crippen LogP contribution in [0.1, 0.15) is 6.92 Å². The quantitative estimate of drug-likeness (QED) is 0.774. The van der Waals surface area contributed by atoms with Gasteiger partial charge in [-0.2, -0.15) is 0 Å². The number of anilines is 1. The van der Waals surface area contributed by atoms with E-state index in [0.717, 1.165) is 13.1 Å². The lowest BCUT2D eigenvalue weighted by molar-refractivity contribution is -0.135. The fourth-order valence-corrected chi connectivity index (χ4v) is 3.76. The molecule has 2 aliphatic heterocycles. The first-order valence-corrected chi connectivity index (χ1v) is 10.3. The van der Waals surface area contributed by atoms with Gasteiger partial charge in [-0.3, -0.25) is 19.4 Å². The fourth-order valence-electron chi connectivity index (χ4n) is 3.41. The smallest absolute Gasteiger partial charge is 0.241 e. The average Bonchev–Trinajstić information content (AvgIpc) is 2.71. The fraction of sp³-hybridized carbons (Fsp3) is 0.579. The molecule has 0 bridgehead atoms. The zero-order valence-corrected chi connectivity index (χ0v) is 17.5. The van der Waals surface area contributed by atoms with E-state index in [1.165, 1.54) is 0 Å². The third-order valence-corrected chi connectivity index (χ3v) is 6.09. The molecule has 2 amide bonds. The second-order valence-electron chi connectivity index (χ2n) is 7.07. The monoisotopic (exact) mass is 428 g/mol. The Morgan fingerprint density at radius 2 is 1.79 bits per heavy atom. The molecule has 154 valence electrons. The van der Waals surface area contributed by atoms with Crippen LogP contribution in [0, 0.1) is 0 Å². The third-order valence-electron chi connectivity index (χ3n) is 5.27. The predicted octanol–water partition coefficient (Wildman–Crippen LogP) is 1.80. The second-order valence-corrected chi connectivity index (χ2v) is 7.86. The summed E-state index contributed by atoms with van der Waals surface area (Å²) in [6.07, 6.45) is 0. The van der Waals surface area contributed by atoms with Crippen molar-refractivity contribution in [2.75, 3.05) is 64.3 Å². The minimum absolute atomic E-state index is 0.141. The molecule has 0 aromatic heterocycles. The summed E-state index contributed by atoms with van der Waals surface area (Å²) in [5, 5.41) is 3.58. The van der Waals surface area contributed by atoms with Crippen LogP contribution >= 0.6 is 23.2 Å². The molecule has 0 spiro atoms. The van der Waals surface area contributed by atoms with Gasteiger partial charge in [-0.1, -0.05) is 29.3 Å². The summed E-state index contributed by atoms with van der Waals surface area (Å²) in [4.78, 5) is 31.2. The Morgan fingerprint density at radius 1 is 1.11 bits per heavy atom. The van der Waals surface area contributed by atoms with Crippen molar-refractivity contribution in [2.45, 2.75) is 13.0 Å². The highest BCUT2D eigenvalue weighted by Gasteiger charge is 2.28.